The van der Waals surface area contributed by atoms with Crippen molar-refractivity contribution in [2.24, 2.45) is 0 Å². The molecular formula is C32H48NOPS. The fourth-order valence-corrected chi connectivity index (χ4v) is 11.9. The third-order valence-electron chi connectivity index (χ3n) is 8.15. The molecular weight excluding hydrogens is 477 g/mol. The smallest absolute Gasteiger partial charge is 0.100 e. The van der Waals surface area contributed by atoms with Gasteiger partial charge in [0.05, 0.1) is 10.8 Å². The van der Waals surface area contributed by atoms with Crippen LogP contribution < -0.4 is 5.30 Å². The molecule has 0 amide bonds. The molecule has 4 heteroatoms. The van der Waals surface area contributed by atoms with Crippen molar-refractivity contribution in [1.29, 1.82) is 0 Å². The summed E-state index contributed by atoms with van der Waals surface area (Å²) in [7, 11) is 0.722. The monoisotopic (exact) mass is 525 g/mol. The van der Waals surface area contributed by atoms with Crippen LogP contribution in [0.3, 0.4) is 0 Å². The van der Waals surface area contributed by atoms with Crippen LogP contribution in [0.4, 0.5) is 0 Å². The van der Waals surface area contributed by atoms with Crippen molar-refractivity contribution >= 4 is 24.2 Å². The van der Waals surface area contributed by atoms with E-state index >= 15 is 0 Å². The molecule has 0 radical (unpaired) electrons. The van der Waals surface area contributed by atoms with Gasteiger partial charge in [-0.25, -0.2) is 8.51 Å². The Morgan fingerprint density at radius 2 is 1.33 bits per heavy atom. The molecule has 0 bridgehead atoms. The molecule has 2 aromatic carbocycles. The van der Waals surface area contributed by atoms with E-state index in [0.717, 1.165) is 11.3 Å². The lowest BCUT2D eigenvalue weighted by atomic mass is 9.95. The van der Waals surface area contributed by atoms with E-state index < -0.39 is 11.0 Å². The molecule has 36 heavy (non-hydrogen) atoms. The van der Waals surface area contributed by atoms with E-state index in [1.165, 1.54) is 86.5 Å². The summed E-state index contributed by atoms with van der Waals surface area (Å²) in [6.07, 6.45) is 14.0. The van der Waals surface area contributed by atoms with E-state index in [9.17, 15) is 4.21 Å². The van der Waals surface area contributed by atoms with Gasteiger partial charge in [0.2, 0.25) is 0 Å². The summed E-state index contributed by atoms with van der Waals surface area (Å²) in [4.78, 5) is 0. The van der Waals surface area contributed by atoms with Crippen LogP contribution in [-0.2, 0) is 11.0 Å². The van der Waals surface area contributed by atoms with Crippen LogP contribution in [0.2, 0.25) is 0 Å². The van der Waals surface area contributed by atoms with Crippen molar-refractivity contribution in [3.63, 3.8) is 0 Å². The molecule has 4 rings (SSSR count). The SMILES string of the molecule is Cc1cc(C)cc([C@H](c2ccccc2P(C2CCCCC2)C2CCCCC2)N(C)[S@](=O)C(C)(C)C)c1. The third-order valence-corrected chi connectivity index (χ3v) is 13.5. The summed E-state index contributed by atoms with van der Waals surface area (Å²) in [6.45, 7) is 10.7. The first kappa shape index (κ1) is 28.0. The zero-order valence-corrected chi connectivity index (χ0v) is 25.3. The number of aryl methyl sites for hydroxylation is 2. The zero-order chi connectivity index (χ0) is 25.9. The average molecular weight is 526 g/mol. The van der Waals surface area contributed by atoms with Gasteiger partial charge in [0, 0.05) is 7.05 Å². The van der Waals surface area contributed by atoms with Crippen LogP contribution in [-0.4, -0.2) is 31.6 Å². The zero-order valence-electron chi connectivity index (χ0n) is 23.6. The molecule has 2 aliphatic rings. The van der Waals surface area contributed by atoms with Crippen LogP contribution in [0.1, 0.15) is 113 Å². The van der Waals surface area contributed by atoms with Crippen LogP contribution in [0.25, 0.3) is 0 Å². The lowest BCUT2D eigenvalue weighted by molar-refractivity contribution is 0.440. The molecule has 2 aromatic rings. The van der Waals surface area contributed by atoms with E-state index in [4.69, 9.17) is 0 Å². The number of nitrogens with zero attached hydrogens (tertiary/aromatic N) is 1. The van der Waals surface area contributed by atoms with Gasteiger partial charge in [-0.05, 0) is 88.1 Å². The molecule has 198 valence electrons. The maximum atomic E-state index is 13.8. The number of benzene rings is 2. The highest BCUT2D eigenvalue weighted by Crippen LogP contribution is 2.56. The van der Waals surface area contributed by atoms with E-state index in [1.54, 1.807) is 5.30 Å². The maximum Gasteiger partial charge on any atom is 0.100 e. The van der Waals surface area contributed by atoms with Gasteiger partial charge in [0.25, 0.3) is 0 Å². The number of rotatable bonds is 7. The quantitative estimate of drug-likeness (QED) is 0.332. The molecule has 0 aliphatic heterocycles. The van der Waals surface area contributed by atoms with Gasteiger partial charge in [-0.3, -0.25) is 0 Å². The molecule has 0 saturated heterocycles. The largest absolute Gasteiger partial charge is 0.242 e. The Kier molecular flexibility index (Phi) is 9.51. The fourth-order valence-electron chi connectivity index (χ4n) is 6.64. The summed E-state index contributed by atoms with van der Waals surface area (Å²) in [6, 6.07) is 16.2. The summed E-state index contributed by atoms with van der Waals surface area (Å²) in [5.41, 5.74) is 6.94. The molecule has 0 N–H and O–H groups in total. The molecule has 2 saturated carbocycles. The minimum atomic E-state index is -1.12. The summed E-state index contributed by atoms with van der Waals surface area (Å²) >= 11 is 0. The van der Waals surface area contributed by atoms with Crippen molar-refractivity contribution in [2.75, 3.05) is 7.05 Å². The minimum Gasteiger partial charge on any atom is -0.242 e. The minimum absolute atomic E-state index is 0.00274. The Labute approximate surface area is 225 Å². The first-order valence-corrected chi connectivity index (χ1v) is 16.9. The molecule has 2 nitrogen and oxygen atoms in total. The predicted octanol–water partition coefficient (Wildman–Crippen LogP) is 8.56. The summed E-state index contributed by atoms with van der Waals surface area (Å²) < 4.78 is 15.7. The second-order valence-electron chi connectivity index (χ2n) is 12.3. The Hall–Kier alpha value is -1.02. The number of hydrogen-bond donors (Lipinski definition) is 0. The lowest BCUT2D eigenvalue weighted by Crippen LogP contribution is -2.39. The fraction of sp³-hybridized carbons (Fsp3) is 0.625. The van der Waals surface area contributed by atoms with Crippen LogP contribution in [0.5, 0.6) is 0 Å². The first-order chi connectivity index (χ1) is 17.2. The Balaban J connectivity index is 1.87. The molecule has 0 spiro atoms. The third kappa shape index (κ3) is 6.51. The summed E-state index contributed by atoms with van der Waals surface area (Å²) in [5, 5.41) is 1.60. The van der Waals surface area contributed by atoms with Crippen LogP contribution in [0.15, 0.2) is 42.5 Å². The molecule has 0 aromatic heterocycles. The molecule has 2 fully saturated rings. The standard InChI is InChI=1S/C32H48NOPS/c1-24-21-25(2)23-26(22-24)31(33(6)36(34)32(3,4)5)29-19-13-14-20-30(29)35(27-15-9-7-10-16-27)28-17-11-8-12-18-28/h13-14,19-23,27-28,31H,7-12,15-18H2,1-6H3/t31-,36-/m1/s1. The Morgan fingerprint density at radius 1 is 0.833 bits per heavy atom. The van der Waals surface area contributed by atoms with Crippen molar-refractivity contribution < 1.29 is 4.21 Å². The van der Waals surface area contributed by atoms with Gasteiger partial charge in [-0.1, -0.05) is 100 Å². The highest BCUT2D eigenvalue weighted by atomic mass is 32.2. The molecule has 2 atom stereocenters. The van der Waals surface area contributed by atoms with Gasteiger partial charge in [0.1, 0.15) is 11.0 Å². The van der Waals surface area contributed by atoms with Crippen molar-refractivity contribution in [2.45, 2.75) is 121 Å². The van der Waals surface area contributed by atoms with Crippen molar-refractivity contribution in [1.82, 2.24) is 4.31 Å². The van der Waals surface area contributed by atoms with Gasteiger partial charge in [-0.15, -0.1) is 0 Å². The number of hydrogen-bond acceptors (Lipinski definition) is 1. The molecule has 2 aliphatic carbocycles. The molecule has 0 heterocycles. The normalized spacial score (nSPS) is 20.1. The average Bonchev–Trinajstić information content (AvgIpc) is 2.85. The van der Waals surface area contributed by atoms with Gasteiger partial charge in [0.15, 0.2) is 0 Å². The van der Waals surface area contributed by atoms with Crippen LogP contribution in [0, 0.1) is 13.8 Å². The second kappa shape index (κ2) is 12.2. The first-order valence-electron chi connectivity index (χ1n) is 14.3. The van der Waals surface area contributed by atoms with E-state index in [1.807, 2.05) is 0 Å². The molecule has 0 unspecified atom stereocenters. The Morgan fingerprint density at radius 3 is 1.83 bits per heavy atom. The van der Waals surface area contributed by atoms with Gasteiger partial charge in [-0.2, -0.15) is 0 Å². The van der Waals surface area contributed by atoms with Crippen molar-refractivity contribution in [3.05, 3.63) is 64.7 Å². The second-order valence-corrected chi connectivity index (χ2v) is 17.3. The van der Waals surface area contributed by atoms with E-state index in [2.05, 4.69) is 88.4 Å². The van der Waals surface area contributed by atoms with E-state index in [-0.39, 0.29) is 18.7 Å². The lowest BCUT2D eigenvalue weighted by Gasteiger charge is -2.41. The maximum absolute atomic E-state index is 13.8. The Bertz CT molecular complexity index is 994. The predicted molar refractivity (Wildman–Crippen MR) is 160 cm³/mol. The van der Waals surface area contributed by atoms with Gasteiger partial charge < -0.3 is 0 Å². The topological polar surface area (TPSA) is 20.3 Å². The van der Waals surface area contributed by atoms with Crippen molar-refractivity contribution in [3.8, 4) is 0 Å². The van der Waals surface area contributed by atoms with E-state index in [0.29, 0.717) is 0 Å². The highest BCUT2D eigenvalue weighted by Gasteiger charge is 2.37. The van der Waals surface area contributed by atoms with Crippen LogP contribution >= 0.6 is 7.92 Å². The van der Waals surface area contributed by atoms with Gasteiger partial charge >= 0.3 is 0 Å². The highest BCUT2D eigenvalue weighted by molar-refractivity contribution is 7.84. The summed E-state index contributed by atoms with van der Waals surface area (Å²) in [5.74, 6) is 0.